The topological polar surface area (TPSA) is 68.2 Å². The van der Waals surface area contributed by atoms with E-state index in [1.807, 2.05) is 31.3 Å². The summed E-state index contributed by atoms with van der Waals surface area (Å²) < 4.78 is 4.80. The Hall–Kier alpha value is -2.56. The lowest BCUT2D eigenvalue weighted by Crippen LogP contribution is -2.11. The van der Waals surface area contributed by atoms with E-state index in [0.717, 1.165) is 11.4 Å². The molecule has 3 rings (SSSR count). The molecule has 0 aliphatic rings. The number of nitrogens with two attached hydrogens (primary N) is 1. The first-order valence-corrected chi connectivity index (χ1v) is 5.98. The lowest BCUT2D eigenvalue weighted by atomic mass is 10.1. The highest BCUT2D eigenvalue weighted by Gasteiger charge is 2.15. The van der Waals surface area contributed by atoms with Gasteiger partial charge in [0.05, 0.1) is 11.4 Å². The van der Waals surface area contributed by atoms with E-state index in [1.165, 1.54) is 5.56 Å². The van der Waals surface area contributed by atoms with Gasteiger partial charge in [0.2, 0.25) is 0 Å². The number of benzene rings is 2. The maximum absolute atomic E-state index is 5.86. The minimum Gasteiger partial charge on any atom is -0.397 e. The second kappa shape index (κ2) is 4.28. The van der Waals surface area contributed by atoms with Crippen LogP contribution in [-0.4, -0.2) is 17.4 Å². The van der Waals surface area contributed by atoms with Crippen LogP contribution in [0.5, 0.6) is 0 Å². The molecule has 0 aliphatic carbocycles. The van der Waals surface area contributed by atoms with Gasteiger partial charge in [0.1, 0.15) is 0 Å². The smallest absolute Gasteiger partial charge is 0.160 e. The zero-order valence-electron chi connectivity index (χ0n) is 10.8. The molecule has 1 heterocycles. The molecule has 0 radical (unpaired) electrons. The van der Waals surface area contributed by atoms with Gasteiger partial charge in [-0.3, -0.25) is 0 Å². The van der Waals surface area contributed by atoms with Gasteiger partial charge < -0.3 is 10.6 Å². The van der Waals surface area contributed by atoms with E-state index in [9.17, 15) is 0 Å². The number of rotatable bonds is 2. The number of para-hydroxylation sites is 1. The van der Waals surface area contributed by atoms with Gasteiger partial charge in [-0.2, -0.15) is 0 Å². The molecule has 0 bridgehead atoms. The Morgan fingerprint density at radius 3 is 2.53 bits per heavy atom. The molecular weight excluding hydrogens is 240 g/mol. The summed E-state index contributed by atoms with van der Waals surface area (Å²) in [5.74, 6) is 0. The molecule has 0 unspecified atom stereocenters. The average Bonchev–Trinajstić information content (AvgIpc) is 2.89. The van der Waals surface area contributed by atoms with Crippen LogP contribution in [0.25, 0.3) is 11.0 Å². The van der Waals surface area contributed by atoms with Crippen molar-refractivity contribution in [3.05, 3.63) is 42.0 Å². The first kappa shape index (κ1) is 11.5. The van der Waals surface area contributed by atoms with Crippen LogP contribution in [0.2, 0.25) is 0 Å². The molecular formula is C14H14N4O. The third-order valence-electron chi connectivity index (χ3n) is 3.26. The van der Waals surface area contributed by atoms with Crippen molar-refractivity contribution >= 4 is 28.1 Å². The number of hydrogen-bond donors (Lipinski definition) is 1. The van der Waals surface area contributed by atoms with Crippen LogP contribution < -0.4 is 10.6 Å². The maximum atomic E-state index is 5.86. The zero-order chi connectivity index (χ0) is 13.4. The summed E-state index contributed by atoms with van der Waals surface area (Å²) in [6.07, 6.45) is 0. The predicted octanol–water partition coefficient (Wildman–Crippen LogP) is 2.88. The lowest BCUT2D eigenvalue weighted by molar-refractivity contribution is 0.315. The second-order valence-electron chi connectivity index (χ2n) is 4.48. The summed E-state index contributed by atoms with van der Waals surface area (Å²) in [7, 11) is 1.99. The molecule has 2 N–H and O–H groups in total. The van der Waals surface area contributed by atoms with Crippen molar-refractivity contribution in [3.8, 4) is 0 Å². The van der Waals surface area contributed by atoms with Crippen molar-refractivity contribution < 1.29 is 4.63 Å². The molecule has 1 aromatic heterocycles. The van der Waals surface area contributed by atoms with Crippen molar-refractivity contribution in [1.82, 2.24) is 10.3 Å². The van der Waals surface area contributed by atoms with Crippen LogP contribution in [0.1, 0.15) is 5.56 Å². The van der Waals surface area contributed by atoms with Gasteiger partial charge in [-0.15, -0.1) is 0 Å². The van der Waals surface area contributed by atoms with Crippen LogP contribution in [0, 0.1) is 6.92 Å². The van der Waals surface area contributed by atoms with E-state index >= 15 is 0 Å². The molecule has 5 nitrogen and oxygen atoms in total. The third kappa shape index (κ3) is 1.79. The number of hydrogen-bond acceptors (Lipinski definition) is 5. The van der Waals surface area contributed by atoms with Crippen molar-refractivity contribution in [2.45, 2.75) is 6.92 Å². The summed E-state index contributed by atoms with van der Waals surface area (Å²) in [5.41, 5.74) is 10.9. The highest BCUT2D eigenvalue weighted by atomic mass is 16.6. The molecule has 0 fully saturated rings. The molecule has 3 aromatic rings. The largest absolute Gasteiger partial charge is 0.397 e. The molecule has 2 aromatic carbocycles. The van der Waals surface area contributed by atoms with Gasteiger partial charge in [0.15, 0.2) is 11.0 Å². The minimum atomic E-state index is 0.568. The predicted molar refractivity (Wildman–Crippen MR) is 75.5 cm³/mol. The van der Waals surface area contributed by atoms with Crippen LogP contribution in [0.4, 0.5) is 17.1 Å². The van der Waals surface area contributed by atoms with Crippen molar-refractivity contribution in [3.63, 3.8) is 0 Å². The summed E-state index contributed by atoms with van der Waals surface area (Å²) in [6, 6.07) is 11.9. The van der Waals surface area contributed by atoms with E-state index in [4.69, 9.17) is 10.4 Å². The Kier molecular flexibility index (Phi) is 2.59. The molecule has 0 saturated heterocycles. The second-order valence-corrected chi connectivity index (χ2v) is 4.48. The van der Waals surface area contributed by atoms with Crippen LogP contribution in [-0.2, 0) is 0 Å². The van der Waals surface area contributed by atoms with Gasteiger partial charge in [-0.25, -0.2) is 4.63 Å². The minimum absolute atomic E-state index is 0.568. The number of nitrogen functional groups attached to an aromatic ring is 1. The number of nitrogens with zero attached hydrogens (tertiary/aromatic N) is 3. The molecule has 19 heavy (non-hydrogen) atoms. The standard InChI is InChI=1S/C14H14N4O/c1-9-5-3-4-6-11(9)18(2)12-8-7-10(15)13-14(12)17-19-16-13/h3-8H,15H2,1-2H3. The van der Waals surface area contributed by atoms with Crippen LogP contribution in [0.15, 0.2) is 41.0 Å². The molecule has 0 aliphatic heterocycles. The van der Waals surface area contributed by atoms with Crippen LogP contribution in [0.3, 0.4) is 0 Å². The van der Waals surface area contributed by atoms with Crippen molar-refractivity contribution in [2.24, 2.45) is 0 Å². The Morgan fingerprint density at radius 2 is 1.74 bits per heavy atom. The first-order chi connectivity index (χ1) is 9.18. The van der Waals surface area contributed by atoms with Gasteiger partial charge in [-0.05, 0) is 41.0 Å². The molecule has 5 heteroatoms. The fourth-order valence-electron chi connectivity index (χ4n) is 2.21. The maximum Gasteiger partial charge on any atom is 0.160 e. The lowest BCUT2D eigenvalue weighted by Gasteiger charge is -2.21. The van der Waals surface area contributed by atoms with E-state index in [0.29, 0.717) is 16.7 Å². The fourth-order valence-corrected chi connectivity index (χ4v) is 2.21. The fraction of sp³-hybridized carbons (Fsp3) is 0.143. The number of aromatic nitrogens is 2. The highest BCUT2D eigenvalue weighted by Crippen LogP contribution is 2.33. The van der Waals surface area contributed by atoms with E-state index < -0.39 is 0 Å². The third-order valence-corrected chi connectivity index (χ3v) is 3.26. The highest BCUT2D eigenvalue weighted by molar-refractivity contribution is 5.96. The monoisotopic (exact) mass is 254 g/mol. The summed E-state index contributed by atoms with van der Waals surface area (Å²) in [6.45, 7) is 2.07. The molecule has 0 saturated carbocycles. The molecule has 0 atom stereocenters. The van der Waals surface area contributed by atoms with Gasteiger partial charge in [0, 0.05) is 12.7 Å². The zero-order valence-corrected chi connectivity index (χ0v) is 10.8. The first-order valence-electron chi connectivity index (χ1n) is 5.98. The van der Waals surface area contributed by atoms with Crippen LogP contribution >= 0.6 is 0 Å². The van der Waals surface area contributed by atoms with E-state index in [2.05, 4.69) is 34.3 Å². The quantitative estimate of drug-likeness (QED) is 0.712. The van der Waals surface area contributed by atoms with E-state index in [1.54, 1.807) is 0 Å². The summed E-state index contributed by atoms with van der Waals surface area (Å²) >= 11 is 0. The van der Waals surface area contributed by atoms with Crippen molar-refractivity contribution in [1.29, 1.82) is 0 Å². The molecule has 0 amide bonds. The molecule has 96 valence electrons. The Labute approximate surface area is 110 Å². The Bertz CT molecular complexity index is 735. The Balaban J connectivity index is 2.17. The number of anilines is 3. The Morgan fingerprint density at radius 1 is 1.00 bits per heavy atom. The van der Waals surface area contributed by atoms with E-state index in [-0.39, 0.29) is 0 Å². The van der Waals surface area contributed by atoms with Gasteiger partial charge >= 0.3 is 0 Å². The SMILES string of the molecule is Cc1ccccc1N(C)c1ccc(N)c2nonc12. The number of aryl methyl sites for hydroxylation is 1. The van der Waals surface area contributed by atoms with Gasteiger partial charge in [0.25, 0.3) is 0 Å². The van der Waals surface area contributed by atoms with Crippen molar-refractivity contribution in [2.75, 3.05) is 17.7 Å². The van der Waals surface area contributed by atoms with Gasteiger partial charge in [-0.1, -0.05) is 18.2 Å². The summed E-state index contributed by atoms with van der Waals surface area (Å²) in [5, 5.41) is 7.79. The normalized spacial score (nSPS) is 10.8. The average molecular weight is 254 g/mol. The molecule has 0 spiro atoms. The summed E-state index contributed by atoms with van der Waals surface area (Å²) in [4.78, 5) is 2.06. The number of fused-ring (bicyclic) bond motifs is 1.